The molecule has 2 aromatic rings. The van der Waals surface area contributed by atoms with Gasteiger partial charge in [0.1, 0.15) is 0 Å². The maximum Gasteiger partial charge on any atom is 0.159 e. The molecular formula is C15H19N3. The van der Waals surface area contributed by atoms with Crippen LogP contribution in [-0.4, -0.2) is 9.97 Å². The number of nitrogens with two attached hydrogens (primary N) is 1. The Morgan fingerprint density at radius 2 is 1.89 bits per heavy atom. The molecule has 1 aromatic heterocycles. The van der Waals surface area contributed by atoms with Crippen molar-refractivity contribution in [2.45, 2.75) is 33.2 Å². The number of rotatable bonds is 4. The van der Waals surface area contributed by atoms with E-state index >= 15 is 0 Å². The molecule has 0 unspecified atom stereocenters. The summed E-state index contributed by atoms with van der Waals surface area (Å²) in [5.74, 6) is 0.788. The topological polar surface area (TPSA) is 51.8 Å². The summed E-state index contributed by atoms with van der Waals surface area (Å²) < 4.78 is 0. The van der Waals surface area contributed by atoms with E-state index < -0.39 is 0 Å². The summed E-state index contributed by atoms with van der Waals surface area (Å²) in [6.07, 6.45) is 3.87. The molecule has 94 valence electrons. The third kappa shape index (κ3) is 2.74. The highest BCUT2D eigenvalue weighted by Gasteiger charge is 2.07. The van der Waals surface area contributed by atoms with Crippen molar-refractivity contribution in [3.8, 4) is 11.4 Å². The van der Waals surface area contributed by atoms with E-state index in [1.807, 2.05) is 6.20 Å². The lowest BCUT2D eigenvalue weighted by molar-refractivity contribution is 0.840. The van der Waals surface area contributed by atoms with Crippen molar-refractivity contribution in [3.05, 3.63) is 47.3 Å². The summed E-state index contributed by atoms with van der Waals surface area (Å²) >= 11 is 0. The van der Waals surface area contributed by atoms with Gasteiger partial charge in [-0.1, -0.05) is 43.2 Å². The lowest BCUT2D eigenvalue weighted by Gasteiger charge is -2.08. The van der Waals surface area contributed by atoms with Crippen LogP contribution in [-0.2, 0) is 13.0 Å². The highest BCUT2D eigenvalue weighted by Crippen LogP contribution is 2.17. The minimum atomic E-state index is 0.503. The molecule has 2 N–H and O–H groups in total. The van der Waals surface area contributed by atoms with Crippen LogP contribution in [0.15, 0.2) is 30.5 Å². The first-order valence-electron chi connectivity index (χ1n) is 6.36. The van der Waals surface area contributed by atoms with Crippen LogP contribution < -0.4 is 5.73 Å². The highest BCUT2D eigenvalue weighted by molar-refractivity contribution is 5.55. The van der Waals surface area contributed by atoms with E-state index in [9.17, 15) is 0 Å². The van der Waals surface area contributed by atoms with Crippen molar-refractivity contribution < 1.29 is 0 Å². The average Bonchev–Trinajstić information content (AvgIpc) is 2.40. The molecule has 0 aliphatic carbocycles. The summed E-state index contributed by atoms with van der Waals surface area (Å²) in [6, 6.07) is 8.27. The van der Waals surface area contributed by atoms with Gasteiger partial charge in [-0.25, -0.2) is 9.97 Å². The van der Waals surface area contributed by atoms with E-state index in [1.165, 1.54) is 5.56 Å². The van der Waals surface area contributed by atoms with Gasteiger partial charge in [-0.2, -0.15) is 0 Å². The molecule has 1 aromatic carbocycles. The first-order chi connectivity index (χ1) is 8.74. The van der Waals surface area contributed by atoms with Gasteiger partial charge in [-0.15, -0.1) is 0 Å². The summed E-state index contributed by atoms with van der Waals surface area (Å²) in [4.78, 5) is 9.04. The second-order valence-corrected chi connectivity index (χ2v) is 4.49. The second kappa shape index (κ2) is 5.74. The van der Waals surface area contributed by atoms with Crippen molar-refractivity contribution in [2.75, 3.05) is 0 Å². The largest absolute Gasteiger partial charge is 0.326 e. The molecule has 0 saturated carbocycles. The van der Waals surface area contributed by atoms with E-state index in [4.69, 9.17) is 5.73 Å². The summed E-state index contributed by atoms with van der Waals surface area (Å²) in [5, 5.41) is 0. The van der Waals surface area contributed by atoms with Crippen molar-refractivity contribution >= 4 is 0 Å². The van der Waals surface area contributed by atoms with Gasteiger partial charge in [0.05, 0.1) is 0 Å². The zero-order valence-electron chi connectivity index (χ0n) is 11.0. The van der Waals surface area contributed by atoms with E-state index in [-0.39, 0.29) is 0 Å². The number of hydrogen-bond donors (Lipinski definition) is 1. The maximum atomic E-state index is 5.71. The van der Waals surface area contributed by atoms with Crippen LogP contribution >= 0.6 is 0 Å². The smallest absolute Gasteiger partial charge is 0.159 e. The summed E-state index contributed by atoms with van der Waals surface area (Å²) in [5.41, 5.74) is 10.1. The fraction of sp³-hybridized carbons (Fsp3) is 0.333. The minimum absolute atomic E-state index is 0.503. The standard InChI is InChI=1S/C15H19N3/c1-3-4-14-13(9-16)10-17-15(18-14)12-7-5-11(2)6-8-12/h5-8,10H,3-4,9,16H2,1-2H3. The average molecular weight is 241 g/mol. The van der Waals surface area contributed by atoms with Crippen LogP contribution in [0, 0.1) is 6.92 Å². The van der Waals surface area contributed by atoms with Gasteiger partial charge >= 0.3 is 0 Å². The lowest BCUT2D eigenvalue weighted by atomic mass is 10.1. The summed E-state index contributed by atoms with van der Waals surface area (Å²) in [7, 11) is 0. The van der Waals surface area contributed by atoms with Crippen molar-refractivity contribution in [1.82, 2.24) is 9.97 Å². The molecule has 0 saturated heterocycles. The predicted octanol–water partition coefficient (Wildman–Crippen LogP) is 2.86. The quantitative estimate of drug-likeness (QED) is 0.895. The van der Waals surface area contributed by atoms with Gasteiger partial charge in [0, 0.05) is 29.6 Å². The molecule has 0 bridgehead atoms. The van der Waals surface area contributed by atoms with Crippen LogP contribution in [0.4, 0.5) is 0 Å². The highest BCUT2D eigenvalue weighted by atomic mass is 14.9. The molecule has 2 rings (SSSR count). The first-order valence-corrected chi connectivity index (χ1v) is 6.36. The fourth-order valence-electron chi connectivity index (χ4n) is 1.91. The molecule has 0 spiro atoms. The van der Waals surface area contributed by atoms with Crippen LogP contribution in [0.25, 0.3) is 11.4 Å². The van der Waals surface area contributed by atoms with Gasteiger partial charge in [0.2, 0.25) is 0 Å². The second-order valence-electron chi connectivity index (χ2n) is 4.49. The first kappa shape index (κ1) is 12.7. The Kier molecular flexibility index (Phi) is 4.05. The third-order valence-electron chi connectivity index (χ3n) is 2.97. The van der Waals surface area contributed by atoms with Gasteiger partial charge in [0.25, 0.3) is 0 Å². The van der Waals surface area contributed by atoms with Crippen molar-refractivity contribution in [2.24, 2.45) is 5.73 Å². The third-order valence-corrected chi connectivity index (χ3v) is 2.97. The monoisotopic (exact) mass is 241 g/mol. The fourth-order valence-corrected chi connectivity index (χ4v) is 1.91. The Labute approximate surface area is 108 Å². The molecule has 18 heavy (non-hydrogen) atoms. The van der Waals surface area contributed by atoms with Crippen molar-refractivity contribution in [3.63, 3.8) is 0 Å². The van der Waals surface area contributed by atoms with E-state index in [2.05, 4.69) is 48.1 Å². The lowest BCUT2D eigenvalue weighted by Crippen LogP contribution is -2.06. The maximum absolute atomic E-state index is 5.71. The van der Waals surface area contributed by atoms with Crippen LogP contribution in [0.2, 0.25) is 0 Å². The molecule has 0 amide bonds. The van der Waals surface area contributed by atoms with Crippen LogP contribution in [0.1, 0.15) is 30.2 Å². The van der Waals surface area contributed by atoms with E-state index in [0.29, 0.717) is 6.54 Å². The molecular weight excluding hydrogens is 222 g/mol. The Hall–Kier alpha value is -1.74. The number of aryl methyl sites for hydroxylation is 2. The Morgan fingerprint density at radius 1 is 1.17 bits per heavy atom. The van der Waals surface area contributed by atoms with Gasteiger partial charge < -0.3 is 5.73 Å². The van der Waals surface area contributed by atoms with E-state index in [0.717, 1.165) is 35.5 Å². The zero-order chi connectivity index (χ0) is 13.0. The number of nitrogens with zero attached hydrogens (tertiary/aromatic N) is 2. The zero-order valence-corrected chi connectivity index (χ0v) is 11.0. The SMILES string of the molecule is CCCc1nc(-c2ccc(C)cc2)ncc1CN. The summed E-state index contributed by atoms with van der Waals surface area (Å²) in [6.45, 7) is 4.72. The van der Waals surface area contributed by atoms with Gasteiger partial charge in [-0.3, -0.25) is 0 Å². The predicted molar refractivity (Wildman–Crippen MR) is 74.1 cm³/mol. The number of benzene rings is 1. The van der Waals surface area contributed by atoms with Gasteiger partial charge in [-0.05, 0) is 13.3 Å². The Morgan fingerprint density at radius 3 is 2.50 bits per heavy atom. The molecule has 3 heteroatoms. The number of aromatic nitrogens is 2. The minimum Gasteiger partial charge on any atom is -0.326 e. The molecule has 0 atom stereocenters. The van der Waals surface area contributed by atoms with Gasteiger partial charge in [0.15, 0.2) is 5.82 Å². The van der Waals surface area contributed by atoms with Crippen LogP contribution in [0.3, 0.4) is 0 Å². The normalized spacial score (nSPS) is 10.6. The molecule has 0 aliphatic heterocycles. The van der Waals surface area contributed by atoms with Crippen molar-refractivity contribution in [1.29, 1.82) is 0 Å². The Balaban J connectivity index is 2.39. The molecule has 0 fully saturated rings. The van der Waals surface area contributed by atoms with E-state index in [1.54, 1.807) is 0 Å². The van der Waals surface area contributed by atoms with Crippen LogP contribution in [0.5, 0.6) is 0 Å². The molecule has 0 aliphatic rings. The Bertz CT molecular complexity index is 518. The molecule has 1 heterocycles. The number of hydrogen-bond acceptors (Lipinski definition) is 3. The molecule has 0 radical (unpaired) electrons. The molecule has 3 nitrogen and oxygen atoms in total.